The van der Waals surface area contributed by atoms with Crippen LogP contribution >= 0.6 is 0 Å². The zero-order chi connectivity index (χ0) is 13.2. The summed E-state index contributed by atoms with van der Waals surface area (Å²) in [6.45, 7) is 6.32. The molecule has 0 aliphatic carbocycles. The number of rotatable bonds is 3. The van der Waals surface area contributed by atoms with E-state index in [9.17, 15) is 5.11 Å². The van der Waals surface area contributed by atoms with E-state index in [0.29, 0.717) is 5.92 Å². The van der Waals surface area contributed by atoms with Crippen LogP contribution < -0.4 is 0 Å². The molecule has 2 aliphatic heterocycles. The maximum atomic E-state index is 9.63. The van der Waals surface area contributed by atoms with Crippen molar-refractivity contribution in [3.63, 3.8) is 0 Å². The maximum absolute atomic E-state index is 9.63. The van der Waals surface area contributed by atoms with Crippen LogP contribution in [0.3, 0.4) is 0 Å². The molecule has 4 nitrogen and oxygen atoms in total. The van der Waals surface area contributed by atoms with Crippen molar-refractivity contribution in [2.45, 2.75) is 38.3 Å². The first kappa shape index (κ1) is 13.0. The van der Waals surface area contributed by atoms with Crippen LogP contribution in [-0.4, -0.2) is 47.4 Å². The quantitative estimate of drug-likeness (QED) is 0.896. The van der Waals surface area contributed by atoms with Gasteiger partial charge >= 0.3 is 0 Å². The largest absolute Gasteiger partial charge is 0.392 e. The van der Waals surface area contributed by atoms with Crippen molar-refractivity contribution in [3.05, 3.63) is 29.1 Å². The molecular formula is C15H22N2O2. The molecule has 2 aliphatic rings. The average Bonchev–Trinajstić information content (AvgIpc) is 3.01. The number of aliphatic hydroxyl groups is 1. The summed E-state index contributed by atoms with van der Waals surface area (Å²) in [5, 5.41) is 9.63. The Bertz CT molecular complexity index is 444. The van der Waals surface area contributed by atoms with Gasteiger partial charge in [0, 0.05) is 37.9 Å². The van der Waals surface area contributed by atoms with Crippen molar-refractivity contribution in [2.24, 2.45) is 0 Å². The lowest BCUT2D eigenvalue weighted by Crippen LogP contribution is -2.23. The molecule has 1 aromatic heterocycles. The molecule has 4 heteroatoms. The molecule has 0 radical (unpaired) electrons. The van der Waals surface area contributed by atoms with Crippen molar-refractivity contribution in [1.29, 1.82) is 0 Å². The number of β-amino-alcohol motifs (C(OH)–C–C–N with tert-alkyl or cyclic N) is 1. The molecule has 104 valence electrons. The Balaban J connectivity index is 1.79. The Morgan fingerprint density at radius 2 is 2.32 bits per heavy atom. The second-order valence-electron chi connectivity index (χ2n) is 5.73. The highest BCUT2D eigenvalue weighted by atomic mass is 16.5. The van der Waals surface area contributed by atoms with Crippen LogP contribution in [0.15, 0.2) is 12.1 Å². The van der Waals surface area contributed by atoms with Crippen LogP contribution in [0.1, 0.15) is 35.7 Å². The molecule has 0 aromatic carbocycles. The molecule has 3 heterocycles. The summed E-state index contributed by atoms with van der Waals surface area (Å²) in [4.78, 5) is 7.02. The highest BCUT2D eigenvalue weighted by molar-refractivity contribution is 5.27. The van der Waals surface area contributed by atoms with Crippen LogP contribution in [-0.2, 0) is 11.3 Å². The molecule has 0 spiro atoms. The van der Waals surface area contributed by atoms with Crippen molar-refractivity contribution in [2.75, 3.05) is 26.3 Å². The Labute approximate surface area is 114 Å². The minimum atomic E-state index is -0.164. The highest BCUT2D eigenvalue weighted by Crippen LogP contribution is 2.28. The number of hydrogen-bond acceptors (Lipinski definition) is 4. The number of hydrogen-bond donors (Lipinski definition) is 1. The second kappa shape index (κ2) is 5.57. The Morgan fingerprint density at radius 3 is 3.00 bits per heavy atom. The van der Waals surface area contributed by atoms with Crippen molar-refractivity contribution in [1.82, 2.24) is 9.88 Å². The number of aromatic nitrogens is 1. The van der Waals surface area contributed by atoms with Crippen LogP contribution in [0.5, 0.6) is 0 Å². The summed E-state index contributed by atoms with van der Waals surface area (Å²) < 4.78 is 5.50. The summed E-state index contributed by atoms with van der Waals surface area (Å²) in [7, 11) is 0. The molecule has 3 rings (SSSR count). The monoisotopic (exact) mass is 262 g/mol. The summed E-state index contributed by atoms with van der Waals surface area (Å²) in [5.74, 6) is 0.496. The van der Waals surface area contributed by atoms with E-state index in [1.165, 1.54) is 11.3 Å². The molecule has 19 heavy (non-hydrogen) atoms. The molecule has 2 saturated heterocycles. The Kier molecular flexibility index (Phi) is 3.82. The molecule has 1 aromatic rings. The highest BCUT2D eigenvalue weighted by Gasteiger charge is 2.25. The van der Waals surface area contributed by atoms with Gasteiger partial charge in [0.25, 0.3) is 0 Å². The third-order valence-corrected chi connectivity index (χ3v) is 4.14. The molecule has 0 bridgehead atoms. The predicted molar refractivity (Wildman–Crippen MR) is 73.1 cm³/mol. The SMILES string of the molecule is Cc1ccc(C2CCOC2)c(CN2CCC(O)C2)n1. The Hall–Kier alpha value is -0.970. The van der Waals surface area contributed by atoms with Gasteiger partial charge in [0.2, 0.25) is 0 Å². The van der Waals surface area contributed by atoms with E-state index < -0.39 is 0 Å². The zero-order valence-electron chi connectivity index (χ0n) is 11.5. The first-order chi connectivity index (χ1) is 9.22. The van der Waals surface area contributed by atoms with E-state index in [0.717, 1.165) is 51.4 Å². The van der Waals surface area contributed by atoms with Crippen molar-refractivity contribution in [3.8, 4) is 0 Å². The molecule has 2 unspecified atom stereocenters. The van der Waals surface area contributed by atoms with Gasteiger partial charge in [-0.1, -0.05) is 6.07 Å². The van der Waals surface area contributed by atoms with E-state index in [-0.39, 0.29) is 6.10 Å². The van der Waals surface area contributed by atoms with Crippen LogP contribution in [0.4, 0.5) is 0 Å². The van der Waals surface area contributed by atoms with E-state index in [2.05, 4.69) is 17.0 Å². The van der Waals surface area contributed by atoms with Gasteiger partial charge in [-0.25, -0.2) is 0 Å². The number of likely N-dealkylation sites (tertiary alicyclic amines) is 1. The average molecular weight is 262 g/mol. The third-order valence-electron chi connectivity index (χ3n) is 4.14. The van der Waals surface area contributed by atoms with E-state index in [4.69, 9.17) is 9.72 Å². The lowest BCUT2D eigenvalue weighted by Gasteiger charge is -2.19. The Morgan fingerprint density at radius 1 is 1.42 bits per heavy atom. The van der Waals surface area contributed by atoms with Gasteiger partial charge in [0.15, 0.2) is 0 Å². The number of aliphatic hydroxyl groups excluding tert-OH is 1. The maximum Gasteiger partial charge on any atom is 0.0679 e. The van der Waals surface area contributed by atoms with Crippen LogP contribution in [0.25, 0.3) is 0 Å². The second-order valence-corrected chi connectivity index (χ2v) is 5.73. The smallest absolute Gasteiger partial charge is 0.0679 e. The van der Waals surface area contributed by atoms with Gasteiger partial charge in [-0.2, -0.15) is 0 Å². The number of ether oxygens (including phenoxy) is 1. The predicted octanol–water partition coefficient (Wildman–Crippen LogP) is 1.46. The standard InChI is InChI=1S/C15H22N2O2/c1-11-2-3-14(12-5-7-19-10-12)15(16-11)9-17-6-4-13(18)8-17/h2-3,12-13,18H,4-10H2,1H3. The summed E-state index contributed by atoms with van der Waals surface area (Å²) >= 11 is 0. The summed E-state index contributed by atoms with van der Waals surface area (Å²) in [6.07, 6.45) is 1.82. The first-order valence-corrected chi connectivity index (χ1v) is 7.17. The van der Waals surface area contributed by atoms with Gasteiger partial charge < -0.3 is 9.84 Å². The molecule has 1 N–H and O–H groups in total. The number of pyridine rings is 1. The normalized spacial score (nSPS) is 28.1. The number of aryl methyl sites for hydroxylation is 1. The third kappa shape index (κ3) is 2.96. The lowest BCUT2D eigenvalue weighted by molar-refractivity contribution is 0.174. The topological polar surface area (TPSA) is 45.6 Å². The fourth-order valence-electron chi connectivity index (χ4n) is 3.07. The molecular weight excluding hydrogens is 240 g/mol. The van der Waals surface area contributed by atoms with Crippen LogP contribution in [0.2, 0.25) is 0 Å². The van der Waals surface area contributed by atoms with Gasteiger partial charge in [-0.15, -0.1) is 0 Å². The van der Waals surface area contributed by atoms with Crippen molar-refractivity contribution >= 4 is 0 Å². The van der Waals surface area contributed by atoms with Gasteiger partial charge in [0.1, 0.15) is 0 Å². The van der Waals surface area contributed by atoms with Gasteiger partial charge in [-0.05, 0) is 31.4 Å². The van der Waals surface area contributed by atoms with Crippen LogP contribution in [0, 0.1) is 6.92 Å². The molecule has 0 amide bonds. The molecule has 2 fully saturated rings. The molecule has 2 atom stereocenters. The van der Waals surface area contributed by atoms with Gasteiger partial charge in [-0.3, -0.25) is 9.88 Å². The fourth-order valence-corrected chi connectivity index (χ4v) is 3.07. The van der Waals surface area contributed by atoms with E-state index >= 15 is 0 Å². The fraction of sp³-hybridized carbons (Fsp3) is 0.667. The van der Waals surface area contributed by atoms with E-state index in [1.807, 2.05) is 6.92 Å². The van der Waals surface area contributed by atoms with Crippen molar-refractivity contribution < 1.29 is 9.84 Å². The summed E-state index contributed by atoms with van der Waals surface area (Å²) in [5.41, 5.74) is 3.58. The first-order valence-electron chi connectivity index (χ1n) is 7.17. The van der Waals surface area contributed by atoms with Gasteiger partial charge in [0.05, 0.1) is 18.4 Å². The van der Waals surface area contributed by atoms with E-state index in [1.54, 1.807) is 0 Å². The lowest BCUT2D eigenvalue weighted by atomic mass is 9.96. The minimum Gasteiger partial charge on any atom is -0.392 e. The summed E-state index contributed by atoms with van der Waals surface area (Å²) in [6, 6.07) is 4.31. The molecule has 0 saturated carbocycles. The minimum absolute atomic E-state index is 0.164. The zero-order valence-corrected chi connectivity index (χ0v) is 11.5. The number of nitrogens with zero attached hydrogens (tertiary/aromatic N) is 2.